The molecular formula is C15H29NO. The summed E-state index contributed by atoms with van der Waals surface area (Å²) in [4.78, 5) is 13.9. The van der Waals surface area contributed by atoms with Gasteiger partial charge in [-0.25, -0.2) is 0 Å². The van der Waals surface area contributed by atoms with Crippen LogP contribution in [0, 0.1) is 5.41 Å². The van der Waals surface area contributed by atoms with Gasteiger partial charge in [0.15, 0.2) is 5.78 Å². The van der Waals surface area contributed by atoms with Gasteiger partial charge in [0.2, 0.25) is 0 Å². The predicted octanol–water partition coefficient (Wildman–Crippen LogP) is 4.02. The van der Waals surface area contributed by atoms with Crippen LogP contribution in [0.15, 0.2) is 11.8 Å². The Morgan fingerprint density at radius 3 is 2.24 bits per heavy atom. The Balaban J connectivity index is 0.00000121. The molecule has 0 aromatic rings. The summed E-state index contributed by atoms with van der Waals surface area (Å²) in [5.41, 5.74) is 1.38. The average Bonchev–Trinajstić information content (AvgIpc) is 2.25. The van der Waals surface area contributed by atoms with Crippen LogP contribution in [0.2, 0.25) is 0 Å². The molecule has 0 heterocycles. The van der Waals surface area contributed by atoms with Crippen molar-refractivity contribution in [3.05, 3.63) is 11.8 Å². The number of carbonyl (C=O) groups is 1. The summed E-state index contributed by atoms with van der Waals surface area (Å²) in [5.74, 6) is 0.288. The number of rotatable bonds is 4. The molecule has 17 heavy (non-hydrogen) atoms. The van der Waals surface area contributed by atoms with Crippen LogP contribution in [0.4, 0.5) is 0 Å². The molecule has 1 aliphatic carbocycles. The highest BCUT2D eigenvalue weighted by Crippen LogP contribution is 2.34. The molecule has 0 saturated carbocycles. The molecule has 0 N–H and O–H groups in total. The molecule has 0 aromatic carbocycles. The Kier molecular flexibility index (Phi) is 7.17. The molecule has 0 bridgehead atoms. The summed E-state index contributed by atoms with van der Waals surface area (Å²) in [5, 5.41) is 0. The van der Waals surface area contributed by atoms with E-state index in [9.17, 15) is 4.79 Å². The normalized spacial score (nSPS) is 18.0. The fraction of sp³-hybridized carbons (Fsp3) is 0.800. The number of carbonyl (C=O) groups excluding carboxylic acids is 1. The third-order valence-corrected chi connectivity index (χ3v) is 2.92. The molecule has 0 spiro atoms. The minimum atomic E-state index is 0.141. The molecule has 0 saturated heterocycles. The van der Waals surface area contributed by atoms with Crippen LogP contribution in [0.25, 0.3) is 0 Å². The first-order chi connectivity index (χ1) is 7.98. The van der Waals surface area contributed by atoms with E-state index in [4.69, 9.17) is 0 Å². The zero-order chi connectivity index (χ0) is 13.5. The van der Waals surface area contributed by atoms with Gasteiger partial charge < -0.3 is 4.90 Å². The highest BCUT2D eigenvalue weighted by atomic mass is 16.1. The summed E-state index contributed by atoms with van der Waals surface area (Å²) >= 11 is 0. The summed E-state index contributed by atoms with van der Waals surface area (Å²) in [6.07, 6.45) is 4.72. The number of ketones is 1. The topological polar surface area (TPSA) is 20.3 Å². The number of hydrogen-bond donors (Lipinski definition) is 0. The van der Waals surface area contributed by atoms with E-state index >= 15 is 0 Å². The maximum Gasteiger partial charge on any atom is 0.157 e. The van der Waals surface area contributed by atoms with Crippen LogP contribution in [0.5, 0.6) is 0 Å². The van der Waals surface area contributed by atoms with Gasteiger partial charge in [0.05, 0.1) is 0 Å². The number of hydrogen-bond acceptors (Lipinski definition) is 2. The second-order valence-corrected chi connectivity index (χ2v) is 5.20. The Morgan fingerprint density at radius 2 is 1.82 bits per heavy atom. The van der Waals surface area contributed by atoms with E-state index in [1.165, 1.54) is 5.70 Å². The lowest BCUT2D eigenvalue weighted by atomic mass is 9.78. The standard InChI is InChI=1S/C13H23NO.C2H6/c1-5-7-14(6-2)11-8-12(15)10-13(3,4)9-11;1-2/h8H,5-7,9-10H2,1-4H3;1-2H3. The van der Waals surface area contributed by atoms with Crippen molar-refractivity contribution in [2.75, 3.05) is 13.1 Å². The summed E-state index contributed by atoms with van der Waals surface area (Å²) in [6.45, 7) is 14.8. The van der Waals surface area contributed by atoms with Crippen LogP contribution in [-0.4, -0.2) is 23.8 Å². The molecule has 2 heteroatoms. The molecule has 0 radical (unpaired) electrons. The first-order valence-corrected chi connectivity index (χ1v) is 6.97. The van der Waals surface area contributed by atoms with Gasteiger partial charge in [0.25, 0.3) is 0 Å². The lowest BCUT2D eigenvalue weighted by Gasteiger charge is -2.35. The van der Waals surface area contributed by atoms with Crippen molar-refractivity contribution in [1.82, 2.24) is 4.90 Å². The molecule has 0 unspecified atom stereocenters. The van der Waals surface area contributed by atoms with Gasteiger partial charge in [-0.05, 0) is 25.2 Å². The minimum Gasteiger partial charge on any atom is -0.375 e. The van der Waals surface area contributed by atoms with E-state index in [2.05, 4.69) is 32.6 Å². The van der Waals surface area contributed by atoms with Crippen molar-refractivity contribution in [2.45, 2.75) is 60.8 Å². The SMILES string of the molecule is CC.CCCN(CC)C1=CC(=O)CC(C)(C)C1. The second-order valence-electron chi connectivity index (χ2n) is 5.20. The van der Waals surface area contributed by atoms with Gasteiger partial charge >= 0.3 is 0 Å². The molecule has 0 fully saturated rings. The van der Waals surface area contributed by atoms with E-state index in [0.29, 0.717) is 6.42 Å². The fourth-order valence-electron chi connectivity index (χ4n) is 2.29. The highest BCUT2D eigenvalue weighted by molar-refractivity contribution is 5.91. The monoisotopic (exact) mass is 239 g/mol. The van der Waals surface area contributed by atoms with E-state index in [1.807, 2.05) is 19.9 Å². The zero-order valence-electron chi connectivity index (χ0n) is 12.5. The Hall–Kier alpha value is -0.790. The minimum absolute atomic E-state index is 0.141. The second kappa shape index (κ2) is 7.52. The number of allylic oxidation sites excluding steroid dienone is 2. The van der Waals surface area contributed by atoms with Crippen LogP contribution in [0.3, 0.4) is 0 Å². The first kappa shape index (κ1) is 16.2. The lowest BCUT2D eigenvalue weighted by Crippen LogP contribution is -2.31. The van der Waals surface area contributed by atoms with Gasteiger partial charge in [-0.2, -0.15) is 0 Å². The summed E-state index contributed by atoms with van der Waals surface area (Å²) < 4.78 is 0. The largest absolute Gasteiger partial charge is 0.375 e. The van der Waals surface area contributed by atoms with E-state index in [0.717, 1.165) is 25.9 Å². The average molecular weight is 239 g/mol. The van der Waals surface area contributed by atoms with Gasteiger partial charge in [-0.1, -0.05) is 34.6 Å². The maximum atomic E-state index is 11.6. The maximum absolute atomic E-state index is 11.6. The molecule has 0 atom stereocenters. The Bertz CT molecular complexity index is 266. The fourth-order valence-corrected chi connectivity index (χ4v) is 2.29. The molecule has 0 amide bonds. The highest BCUT2D eigenvalue weighted by Gasteiger charge is 2.29. The lowest BCUT2D eigenvalue weighted by molar-refractivity contribution is -0.117. The van der Waals surface area contributed by atoms with Crippen molar-refractivity contribution < 1.29 is 4.79 Å². The van der Waals surface area contributed by atoms with Crippen molar-refractivity contribution in [1.29, 1.82) is 0 Å². The molecule has 0 aromatic heterocycles. The predicted molar refractivity (Wildman–Crippen MR) is 75.0 cm³/mol. The molecule has 1 aliphatic rings. The van der Waals surface area contributed by atoms with Crippen LogP contribution in [0.1, 0.15) is 60.8 Å². The van der Waals surface area contributed by atoms with Crippen molar-refractivity contribution >= 4 is 5.78 Å². The third kappa shape index (κ3) is 5.38. The van der Waals surface area contributed by atoms with Gasteiger partial charge in [-0.3, -0.25) is 4.79 Å². The summed E-state index contributed by atoms with van der Waals surface area (Å²) in [6, 6.07) is 0. The van der Waals surface area contributed by atoms with Crippen LogP contribution < -0.4 is 0 Å². The molecule has 1 rings (SSSR count). The number of nitrogens with zero attached hydrogens (tertiary/aromatic N) is 1. The van der Waals surface area contributed by atoms with Gasteiger partial charge in [-0.15, -0.1) is 0 Å². The molecule has 0 aliphatic heterocycles. The van der Waals surface area contributed by atoms with Crippen LogP contribution in [-0.2, 0) is 4.79 Å². The van der Waals surface area contributed by atoms with E-state index in [-0.39, 0.29) is 11.2 Å². The quantitative estimate of drug-likeness (QED) is 0.738. The molecule has 100 valence electrons. The summed E-state index contributed by atoms with van der Waals surface area (Å²) in [7, 11) is 0. The molecule has 2 nitrogen and oxygen atoms in total. The molecular weight excluding hydrogens is 210 g/mol. The van der Waals surface area contributed by atoms with Gasteiger partial charge in [0, 0.05) is 31.3 Å². The smallest absolute Gasteiger partial charge is 0.157 e. The third-order valence-electron chi connectivity index (χ3n) is 2.92. The Labute approximate surface area is 107 Å². The van der Waals surface area contributed by atoms with E-state index < -0.39 is 0 Å². The van der Waals surface area contributed by atoms with E-state index in [1.54, 1.807) is 0 Å². The first-order valence-electron chi connectivity index (χ1n) is 6.97. The van der Waals surface area contributed by atoms with Gasteiger partial charge in [0.1, 0.15) is 0 Å². The zero-order valence-corrected chi connectivity index (χ0v) is 12.5. The van der Waals surface area contributed by atoms with Crippen molar-refractivity contribution in [3.8, 4) is 0 Å². The van der Waals surface area contributed by atoms with Crippen molar-refractivity contribution in [2.24, 2.45) is 5.41 Å². The van der Waals surface area contributed by atoms with Crippen molar-refractivity contribution in [3.63, 3.8) is 0 Å². The van der Waals surface area contributed by atoms with Crippen LogP contribution >= 0.6 is 0 Å². The Morgan fingerprint density at radius 1 is 1.24 bits per heavy atom.